The molecular formula is C19H32N4O. The average Bonchev–Trinajstić information content (AvgIpc) is 2.92. The molecular weight excluding hydrogens is 300 g/mol. The summed E-state index contributed by atoms with van der Waals surface area (Å²) in [6, 6.07) is 0.173. The Kier molecular flexibility index (Phi) is 3.97. The SMILES string of the molecule is Cc1nn(C)c(C)c1[C@@H](C)NC(=O)N[C@@H]1C[C@H]2CC[C@@]1(C)C2(C)C. The first-order chi connectivity index (χ1) is 11.1. The lowest BCUT2D eigenvalue weighted by Gasteiger charge is -2.39. The van der Waals surface area contributed by atoms with Crippen LogP contribution in [0, 0.1) is 30.6 Å². The van der Waals surface area contributed by atoms with Crippen molar-refractivity contribution in [2.24, 2.45) is 23.8 Å². The minimum Gasteiger partial charge on any atom is -0.335 e. The van der Waals surface area contributed by atoms with Crippen LogP contribution in [-0.2, 0) is 7.05 Å². The molecule has 2 aliphatic carbocycles. The second kappa shape index (κ2) is 5.50. The zero-order valence-corrected chi connectivity index (χ0v) is 16.2. The number of carbonyl (C=O) groups excluding carboxylic acids is 1. The number of amides is 2. The number of hydrogen-bond acceptors (Lipinski definition) is 2. The van der Waals surface area contributed by atoms with E-state index in [1.165, 1.54) is 12.8 Å². The fourth-order valence-corrected chi connectivity index (χ4v) is 5.31. The van der Waals surface area contributed by atoms with Crippen molar-refractivity contribution in [2.75, 3.05) is 0 Å². The summed E-state index contributed by atoms with van der Waals surface area (Å²) < 4.78 is 1.88. The van der Waals surface area contributed by atoms with Gasteiger partial charge in [-0.05, 0) is 56.8 Å². The molecule has 2 bridgehead atoms. The van der Waals surface area contributed by atoms with Gasteiger partial charge in [0.25, 0.3) is 0 Å². The summed E-state index contributed by atoms with van der Waals surface area (Å²) in [7, 11) is 1.94. The molecule has 2 fully saturated rings. The van der Waals surface area contributed by atoms with Crippen molar-refractivity contribution in [1.82, 2.24) is 20.4 Å². The van der Waals surface area contributed by atoms with Crippen molar-refractivity contribution >= 4 is 6.03 Å². The molecule has 1 heterocycles. The highest BCUT2D eigenvalue weighted by Gasteiger charge is 2.61. The minimum atomic E-state index is -0.0558. The van der Waals surface area contributed by atoms with Crippen LogP contribution in [0.5, 0.6) is 0 Å². The van der Waals surface area contributed by atoms with E-state index in [1.807, 2.05) is 32.5 Å². The first-order valence-electron chi connectivity index (χ1n) is 9.15. The van der Waals surface area contributed by atoms with Crippen molar-refractivity contribution in [2.45, 2.75) is 72.9 Å². The second-order valence-electron chi connectivity index (χ2n) is 8.71. The molecule has 1 aromatic heterocycles. The number of carbonyl (C=O) groups is 1. The van der Waals surface area contributed by atoms with Gasteiger partial charge in [0.05, 0.1) is 11.7 Å². The highest BCUT2D eigenvalue weighted by molar-refractivity contribution is 5.75. The van der Waals surface area contributed by atoms with E-state index in [4.69, 9.17) is 0 Å². The molecule has 0 spiro atoms. The summed E-state index contributed by atoms with van der Waals surface area (Å²) >= 11 is 0. The molecule has 24 heavy (non-hydrogen) atoms. The van der Waals surface area contributed by atoms with Crippen LogP contribution < -0.4 is 10.6 Å². The number of nitrogens with one attached hydrogen (secondary N) is 2. The van der Waals surface area contributed by atoms with Gasteiger partial charge in [-0.15, -0.1) is 0 Å². The fraction of sp³-hybridized carbons (Fsp3) is 0.789. The van der Waals surface area contributed by atoms with E-state index in [1.54, 1.807) is 0 Å². The number of aromatic nitrogens is 2. The largest absolute Gasteiger partial charge is 0.335 e. The van der Waals surface area contributed by atoms with E-state index < -0.39 is 0 Å². The van der Waals surface area contributed by atoms with Gasteiger partial charge in [0.15, 0.2) is 0 Å². The number of fused-ring (bicyclic) bond motifs is 2. The van der Waals surface area contributed by atoms with Gasteiger partial charge in [0.1, 0.15) is 0 Å². The quantitative estimate of drug-likeness (QED) is 0.888. The van der Waals surface area contributed by atoms with E-state index in [-0.39, 0.29) is 23.5 Å². The Morgan fingerprint density at radius 3 is 2.46 bits per heavy atom. The molecule has 0 radical (unpaired) electrons. The zero-order chi connectivity index (χ0) is 17.9. The van der Waals surface area contributed by atoms with E-state index in [2.05, 4.69) is 36.5 Å². The highest BCUT2D eigenvalue weighted by atomic mass is 16.2. The smallest absolute Gasteiger partial charge is 0.315 e. The lowest BCUT2D eigenvalue weighted by Crippen LogP contribution is -2.50. The van der Waals surface area contributed by atoms with E-state index in [9.17, 15) is 4.79 Å². The van der Waals surface area contributed by atoms with Crippen LogP contribution in [0.2, 0.25) is 0 Å². The van der Waals surface area contributed by atoms with Crippen LogP contribution in [0.15, 0.2) is 0 Å². The second-order valence-corrected chi connectivity index (χ2v) is 8.71. The Balaban J connectivity index is 1.67. The van der Waals surface area contributed by atoms with Crippen LogP contribution in [0.1, 0.15) is 70.0 Å². The van der Waals surface area contributed by atoms with Crippen molar-refractivity contribution in [1.29, 1.82) is 0 Å². The maximum absolute atomic E-state index is 12.6. The molecule has 1 aromatic rings. The maximum atomic E-state index is 12.6. The minimum absolute atomic E-state index is 0.0434. The van der Waals surface area contributed by atoms with Gasteiger partial charge in [-0.1, -0.05) is 20.8 Å². The number of nitrogens with zero attached hydrogens (tertiary/aromatic N) is 2. The van der Waals surface area contributed by atoms with Crippen LogP contribution >= 0.6 is 0 Å². The van der Waals surface area contributed by atoms with E-state index >= 15 is 0 Å². The predicted octanol–water partition coefficient (Wildman–Crippen LogP) is 3.61. The first kappa shape index (κ1) is 17.3. The third kappa shape index (κ3) is 2.35. The summed E-state index contributed by atoms with van der Waals surface area (Å²) in [5, 5.41) is 10.8. The maximum Gasteiger partial charge on any atom is 0.315 e. The molecule has 0 aliphatic heterocycles. The molecule has 5 heteroatoms. The fourth-order valence-electron chi connectivity index (χ4n) is 5.31. The van der Waals surface area contributed by atoms with Gasteiger partial charge in [0.2, 0.25) is 0 Å². The standard InChI is InChI=1S/C19H32N4O/c1-11(16-12(2)22-23(7)13(16)3)20-17(24)21-15-10-14-8-9-19(15,6)18(14,4)5/h11,14-15H,8-10H2,1-7H3,(H2,20,21,24)/t11-,14-,15-,19-/m1/s1. The van der Waals surface area contributed by atoms with Crippen molar-refractivity contribution in [3.8, 4) is 0 Å². The Morgan fingerprint density at radius 1 is 1.33 bits per heavy atom. The van der Waals surface area contributed by atoms with Crippen LogP contribution in [-0.4, -0.2) is 21.9 Å². The van der Waals surface area contributed by atoms with Crippen molar-refractivity contribution in [3.63, 3.8) is 0 Å². The number of hydrogen-bond donors (Lipinski definition) is 2. The number of aryl methyl sites for hydroxylation is 2. The Labute approximate surface area is 145 Å². The van der Waals surface area contributed by atoms with Gasteiger partial charge in [-0.3, -0.25) is 4.68 Å². The molecule has 2 N–H and O–H groups in total. The van der Waals surface area contributed by atoms with Crippen LogP contribution in [0.4, 0.5) is 4.79 Å². The highest BCUT2D eigenvalue weighted by Crippen LogP contribution is 2.65. The Hall–Kier alpha value is -1.52. The van der Waals surface area contributed by atoms with E-state index in [0.29, 0.717) is 5.41 Å². The molecule has 4 atom stereocenters. The molecule has 0 unspecified atom stereocenters. The lowest BCUT2D eigenvalue weighted by atomic mass is 9.69. The predicted molar refractivity (Wildman–Crippen MR) is 95.8 cm³/mol. The van der Waals surface area contributed by atoms with E-state index in [0.717, 1.165) is 29.3 Å². The van der Waals surface area contributed by atoms with Gasteiger partial charge in [-0.25, -0.2) is 4.79 Å². The summed E-state index contributed by atoms with van der Waals surface area (Å²) in [4.78, 5) is 12.6. The summed E-state index contributed by atoms with van der Waals surface area (Å²) in [6.07, 6.45) is 3.62. The number of rotatable bonds is 3. The van der Waals surface area contributed by atoms with Crippen LogP contribution in [0.3, 0.4) is 0 Å². The topological polar surface area (TPSA) is 59.0 Å². The van der Waals surface area contributed by atoms with Crippen LogP contribution in [0.25, 0.3) is 0 Å². The lowest BCUT2D eigenvalue weighted by molar-refractivity contribution is 0.123. The van der Waals surface area contributed by atoms with Gasteiger partial charge in [-0.2, -0.15) is 5.10 Å². The number of urea groups is 1. The summed E-state index contributed by atoms with van der Waals surface area (Å²) in [5.74, 6) is 0.730. The molecule has 2 amide bonds. The molecule has 0 saturated heterocycles. The molecule has 2 saturated carbocycles. The third-order valence-corrected chi connectivity index (χ3v) is 7.44. The normalized spacial score (nSPS) is 32.0. The molecule has 5 nitrogen and oxygen atoms in total. The van der Waals surface area contributed by atoms with Gasteiger partial charge in [0, 0.05) is 24.3 Å². The Bertz CT molecular complexity index is 663. The van der Waals surface area contributed by atoms with Crippen molar-refractivity contribution < 1.29 is 4.79 Å². The molecule has 2 aliphatic rings. The van der Waals surface area contributed by atoms with Crippen molar-refractivity contribution in [3.05, 3.63) is 17.0 Å². The monoisotopic (exact) mass is 332 g/mol. The Morgan fingerprint density at radius 2 is 2.00 bits per heavy atom. The van der Waals surface area contributed by atoms with Gasteiger partial charge >= 0.3 is 6.03 Å². The zero-order valence-electron chi connectivity index (χ0n) is 16.2. The molecule has 0 aromatic carbocycles. The summed E-state index contributed by atoms with van der Waals surface area (Å²) in [5.41, 5.74) is 3.72. The average molecular weight is 332 g/mol. The molecule has 134 valence electrons. The van der Waals surface area contributed by atoms with Gasteiger partial charge < -0.3 is 10.6 Å². The summed E-state index contributed by atoms with van der Waals surface area (Å²) in [6.45, 7) is 13.2. The molecule has 3 rings (SSSR count). The first-order valence-corrected chi connectivity index (χ1v) is 9.15. The third-order valence-electron chi connectivity index (χ3n) is 7.44.